The maximum absolute atomic E-state index is 11.3. The molecule has 208 valence electrons. The highest BCUT2D eigenvalue weighted by Gasteiger charge is 2.61. The molecule has 0 aromatic rings. The molecule has 0 aromatic heterocycles. The zero-order valence-corrected chi connectivity index (χ0v) is 24.0. The summed E-state index contributed by atoms with van der Waals surface area (Å²) >= 11 is 0. The van der Waals surface area contributed by atoms with E-state index in [1.54, 1.807) is 0 Å². The summed E-state index contributed by atoms with van der Waals surface area (Å²) in [6.45, 7) is 12.4. The van der Waals surface area contributed by atoms with Gasteiger partial charge in [0.05, 0.1) is 29.8 Å². The minimum Gasteiger partial charge on any atom is -0.371 e. The lowest BCUT2D eigenvalue weighted by molar-refractivity contribution is 0.0838. The van der Waals surface area contributed by atoms with Crippen molar-refractivity contribution in [3.8, 4) is 0 Å². The summed E-state index contributed by atoms with van der Waals surface area (Å²) in [5.41, 5.74) is 0. The van der Waals surface area contributed by atoms with Crippen molar-refractivity contribution >= 4 is 30.4 Å². The summed E-state index contributed by atoms with van der Waals surface area (Å²) in [5, 5.41) is -0.488. The van der Waals surface area contributed by atoms with E-state index in [0.29, 0.717) is 31.3 Å². The van der Waals surface area contributed by atoms with E-state index >= 15 is 0 Å². The zero-order chi connectivity index (χ0) is 26.6. The maximum atomic E-state index is 11.3. The van der Waals surface area contributed by atoms with Crippen LogP contribution in [0.25, 0.3) is 0 Å². The van der Waals surface area contributed by atoms with Gasteiger partial charge in [0.2, 0.25) is 0 Å². The summed E-state index contributed by atoms with van der Waals surface area (Å²) in [6, 6.07) is 0. The van der Waals surface area contributed by atoms with E-state index in [-0.39, 0.29) is 40.7 Å². The summed E-state index contributed by atoms with van der Waals surface area (Å²) in [5.74, 6) is 1.20. The van der Waals surface area contributed by atoms with Crippen molar-refractivity contribution < 1.29 is 42.5 Å². The Morgan fingerprint density at radius 3 is 1.63 bits per heavy atom. The van der Waals surface area contributed by atoms with Gasteiger partial charge in [-0.2, -0.15) is 25.3 Å². The van der Waals surface area contributed by atoms with Crippen LogP contribution in [0.5, 0.6) is 0 Å². The fourth-order valence-electron chi connectivity index (χ4n) is 5.64. The number of ether oxygens (including phenoxy) is 1. The van der Waals surface area contributed by atoms with Gasteiger partial charge in [0.1, 0.15) is 17.5 Å². The van der Waals surface area contributed by atoms with Gasteiger partial charge in [-0.1, -0.05) is 41.5 Å². The van der Waals surface area contributed by atoms with E-state index in [0.717, 1.165) is 25.7 Å². The second-order valence-corrected chi connectivity index (χ2v) is 14.0. The number of hydrogen-bond acceptors (Lipinski definition) is 10. The molecule has 0 spiro atoms. The molecule has 7 rings (SSSR count). The molecular formula is C22H42O10S3. The highest BCUT2D eigenvalue weighted by molar-refractivity contribution is 7.88. The van der Waals surface area contributed by atoms with Gasteiger partial charge in [0, 0.05) is 12.3 Å². The summed E-state index contributed by atoms with van der Waals surface area (Å²) < 4.78 is 84.9. The Labute approximate surface area is 211 Å². The first-order valence-corrected chi connectivity index (χ1v) is 17.4. The van der Waals surface area contributed by atoms with E-state index in [4.69, 9.17) is 13.1 Å². The SMILES string of the molecule is CC.CC.CC.O=S1(=O)CCCO1.O=S1(=O)OC2CC3CC1C2O3.O=S1(=O)OC2CC3CC2C1C3. The smallest absolute Gasteiger partial charge is 0.273 e. The van der Waals surface area contributed by atoms with E-state index in [1.807, 2.05) is 41.5 Å². The molecule has 8 atom stereocenters. The molecule has 2 saturated carbocycles. The van der Waals surface area contributed by atoms with Crippen molar-refractivity contribution in [3.05, 3.63) is 0 Å². The minimum absolute atomic E-state index is 0.0590. The molecule has 0 radical (unpaired) electrons. The van der Waals surface area contributed by atoms with Crippen LogP contribution in [0.3, 0.4) is 0 Å². The fourth-order valence-corrected chi connectivity index (χ4v) is 10.2. The number of rotatable bonds is 0. The van der Waals surface area contributed by atoms with E-state index in [1.165, 1.54) is 0 Å². The van der Waals surface area contributed by atoms with Crippen LogP contribution >= 0.6 is 0 Å². The molecule has 5 saturated heterocycles. The predicted octanol–water partition coefficient (Wildman–Crippen LogP) is 2.97. The molecule has 5 aliphatic heterocycles. The van der Waals surface area contributed by atoms with Gasteiger partial charge < -0.3 is 4.74 Å². The van der Waals surface area contributed by atoms with Crippen LogP contribution in [0.2, 0.25) is 0 Å². The van der Waals surface area contributed by atoms with E-state index < -0.39 is 30.4 Å². The molecule has 0 aromatic carbocycles. The molecule has 35 heavy (non-hydrogen) atoms. The first-order chi connectivity index (χ1) is 16.5. The third kappa shape index (κ3) is 6.77. The molecule has 4 bridgehead atoms. The second-order valence-electron chi connectivity index (χ2n) is 8.70. The summed E-state index contributed by atoms with van der Waals surface area (Å²) in [7, 11) is -9.43. The van der Waals surface area contributed by atoms with Crippen molar-refractivity contribution in [3.63, 3.8) is 0 Å². The molecule has 0 N–H and O–H groups in total. The topological polar surface area (TPSA) is 139 Å². The van der Waals surface area contributed by atoms with Crippen molar-refractivity contribution in [2.24, 2.45) is 11.8 Å². The molecule has 0 amide bonds. The average Bonchev–Trinajstić information content (AvgIpc) is 3.66. The molecule has 7 fully saturated rings. The highest BCUT2D eigenvalue weighted by Crippen LogP contribution is 2.54. The van der Waals surface area contributed by atoms with Crippen LogP contribution in [0.4, 0.5) is 0 Å². The minimum atomic E-state index is -3.26. The molecule has 2 aliphatic carbocycles. The Balaban J connectivity index is 0.000000171. The molecule has 13 heteroatoms. The predicted molar refractivity (Wildman–Crippen MR) is 132 cm³/mol. The lowest BCUT2D eigenvalue weighted by Crippen LogP contribution is -2.27. The lowest BCUT2D eigenvalue weighted by atomic mass is 9.98. The monoisotopic (exact) mass is 562 g/mol. The van der Waals surface area contributed by atoms with Crippen LogP contribution in [0.15, 0.2) is 0 Å². The second kappa shape index (κ2) is 12.5. The Bertz CT molecular complexity index is 914. The first-order valence-electron chi connectivity index (χ1n) is 12.9. The van der Waals surface area contributed by atoms with Crippen LogP contribution in [-0.2, 0) is 47.6 Å². The third-order valence-corrected chi connectivity index (χ3v) is 11.7. The molecule has 5 heterocycles. The first kappa shape index (κ1) is 30.9. The van der Waals surface area contributed by atoms with E-state index in [9.17, 15) is 25.3 Å². The summed E-state index contributed by atoms with van der Waals surface area (Å²) in [4.78, 5) is 0. The van der Waals surface area contributed by atoms with Crippen molar-refractivity contribution in [1.29, 1.82) is 0 Å². The highest BCUT2D eigenvalue weighted by atomic mass is 32.2. The van der Waals surface area contributed by atoms with Gasteiger partial charge in [0.15, 0.2) is 0 Å². The van der Waals surface area contributed by atoms with Crippen molar-refractivity contribution in [2.75, 3.05) is 12.4 Å². The standard InChI is InChI=1S/C7H10O3S.C6H8O4S.C3H6O3S.3C2H6/c8-11(9)7-3-4-1-5(7)6(2-4)10-11;7-11(8)5-2-3-1-4(10-11)6(5)9-3;4-7(5)3-1-2-6-7;3*1-2/h4-7H,1-3H2;3-6H,1-2H2;1-3H2;3*1-2H3. The normalized spacial score (nSPS) is 42.0. The Morgan fingerprint density at radius 2 is 1.26 bits per heavy atom. The number of hydrogen-bond donors (Lipinski definition) is 0. The molecule has 7 aliphatic rings. The molecule has 10 nitrogen and oxygen atoms in total. The fraction of sp³-hybridized carbons (Fsp3) is 1.00. The van der Waals surface area contributed by atoms with Crippen molar-refractivity contribution in [1.82, 2.24) is 0 Å². The van der Waals surface area contributed by atoms with Crippen molar-refractivity contribution in [2.45, 2.75) is 115 Å². The maximum Gasteiger partial charge on any atom is 0.273 e. The quantitative estimate of drug-likeness (QED) is 0.405. The average molecular weight is 563 g/mol. The largest absolute Gasteiger partial charge is 0.371 e. The Hall–Kier alpha value is -0.310. The van der Waals surface area contributed by atoms with E-state index in [2.05, 4.69) is 4.18 Å². The van der Waals surface area contributed by atoms with Gasteiger partial charge in [-0.05, 0) is 38.0 Å². The van der Waals surface area contributed by atoms with Gasteiger partial charge in [-0.3, -0.25) is 12.5 Å². The van der Waals surface area contributed by atoms with Crippen LogP contribution in [0.1, 0.15) is 80.1 Å². The van der Waals surface area contributed by atoms with Crippen LogP contribution in [0, 0.1) is 11.8 Å². The molecule has 8 unspecified atom stereocenters. The Kier molecular flexibility index (Phi) is 11.0. The molecular weight excluding hydrogens is 520 g/mol. The van der Waals surface area contributed by atoms with Gasteiger partial charge in [0.25, 0.3) is 30.4 Å². The third-order valence-electron chi connectivity index (χ3n) is 6.82. The van der Waals surface area contributed by atoms with Crippen LogP contribution in [-0.4, -0.2) is 72.5 Å². The van der Waals surface area contributed by atoms with Gasteiger partial charge in [-0.25, -0.2) is 0 Å². The lowest BCUT2D eigenvalue weighted by Gasteiger charge is -2.11. The Morgan fingerprint density at radius 1 is 0.657 bits per heavy atom. The van der Waals surface area contributed by atoms with Gasteiger partial charge in [-0.15, -0.1) is 0 Å². The van der Waals surface area contributed by atoms with Crippen LogP contribution < -0.4 is 0 Å². The summed E-state index contributed by atoms with van der Waals surface area (Å²) in [6.07, 6.45) is 4.90. The zero-order valence-electron chi connectivity index (χ0n) is 21.6. The number of fused-ring (bicyclic) bond motifs is 2. The van der Waals surface area contributed by atoms with Gasteiger partial charge >= 0.3 is 0 Å².